The molecule has 1 saturated heterocycles. The number of nitrogens with one attached hydrogen (secondary N) is 1. The van der Waals surface area contributed by atoms with Crippen LogP contribution in [0.1, 0.15) is 28.8 Å². The molecule has 1 N–H and O–H groups in total. The Morgan fingerprint density at radius 2 is 2.41 bits per heavy atom. The minimum absolute atomic E-state index is 0.00323. The minimum atomic E-state index is -0.00323. The molecule has 1 aliphatic rings. The summed E-state index contributed by atoms with van der Waals surface area (Å²) in [6.45, 7) is 3.41. The summed E-state index contributed by atoms with van der Waals surface area (Å²) < 4.78 is 6.59. The number of amides is 1. The van der Waals surface area contributed by atoms with E-state index in [1.807, 2.05) is 25.1 Å². The van der Waals surface area contributed by atoms with E-state index in [9.17, 15) is 4.79 Å². The van der Waals surface area contributed by atoms with Crippen LogP contribution >= 0.6 is 22.6 Å². The number of hydrogen-bond donors (Lipinski definition) is 1. The Balaban J connectivity index is 1.97. The van der Waals surface area contributed by atoms with Gasteiger partial charge in [0.15, 0.2) is 0 Å². The van der Waals surface area contributed by atoms with Crippen molar-refractivity contribution in [3.05, 3.63) is 32.9 Å². The van der Waals surface area contributed by atoms with Crippen molar-refractivity contribution in [3.63, 3.8) is 0 Å². The van der Waals surface area contributed by atoms with Gasteiger partial charge < -0.3 is 10.1 Å². The highest BCUT2D eigenvalue weighted by atomic mass is 127. The first-order valence-electron chi connectivity index (χ1n) is 5.83. The van der Waals surface area contributed by atoms with Crippen LogP contribution in [0.4, 0.5) is 0 Å². The van der Waals surface area contributed by atoms with E-state index in [2.05, 4.69) is 27.9 Å². The molecule has 1 aromatic rings. The molecule has 0 spiro atoms. The summed E-state index contributed by atoms with van der Waals surface area (Å²) >= 11 is 2.25. The van der Waals surface area contributed by atoms with Crippen molar-refractivity contribution in [2.24, 2.45) is 0 Å². The van der Waals surface area contributed by atoms with E-state index >= 15 is 0 Å². The molecular formula is C13H16INO2. The van der Waals surface area contributed by atoms with Crippen molar-refractivity contribution in [1.29, 1.82) is 0 Å². The molecule has 0 bridgehead atoms. The largest absolute Gasteiger partial charge is 0.376 e. The van der Waals surface area contributed by atoms with Gasteiger partial charge in [-0.25, -0.2) is 0 Å². The SMILES string of the molecule is Cc1c(I)cccc1C(=O)NC[C@@H]1CCCO1. The lowest BCUT2D eigenvalue weighted by Gasteiger charge is -2.12. The van der Waals surface area contributed by atoms with E-state index in [4.69, 9.17) is 4.74 Å². The molecule has 0 aliphatic carbocycles. The number of carbonyl (C=O) groups excluding carboxylic acids is 1. The van der Waals surface area contributed by atoms with Crippen molar-refractivity contribution in [3.8, 4) is 0 Å². The third-order valence-corrected chi connectivity index (χ3v) is 4.20. The quantitative estimate of drug-likeness (QED) is 0.855. The fourth-order valence-electron chi connectivity index (χ4n) is 1.96. The summed E-state index contributed by atoms with van der Waals surface area (Å²) in [5.41, 5.74) is 1.80. The Hall–Kier alpha value is -0.620. The van der Waals surface area contributed by atoms with Crippen LogP contribution in [0.5, 0.6) is 0 Å². The second kappa shape index (κ2) is 5.82. The first kappa shape index (κ1) is 12.8. The Labute approximate surface area is 115 Å². The Kier molecular flexibility index (Phi) is 4.39. The molecular weight excluding hydrogens is 329 g/mol. The maximum atomic E-state index is 12.0. The van der Waals surface area contributed by atoms with Crippen molar-refractivity contribution in [2.75, 3.05) is 13.2 Å². The van der Waals surface area contributed by atoms with Crippen molar-refractivity contribution < 1.29 is 9.53 Å². The van der Waals surface area contributed by atoms with Gasteiger partial charge in [0.2, 0.25) is 0 Å². The van der Waals surface area contributed by atoms with Crippen LogP contribution in [0.2, 0.25) is 0 Å². The van der Waals surface area contributed by atoms with Gasteiger partial charge in [-0.05, 0) is 60.1 Å². The highest BCUT2D eigenvalue weighted by Gasteiger charge is 2.17. The summed E-state index contributed by atoms with van der Waals surface area (Å²) in [7, 11) is 0. The number of benzene rings is 1. The van der Waals surface area contributed by atoms with Crippen LogP contribution in [0.3, 0.4) is 0 Å². The van der Waals surface area contributed by atoms with Gasteiger partial charge in [-0.1, -0.05) is 6.07 Å². The summed E-state index contributed by atoms with van der Waals surface area (Å²) in [6.07, 6.45) is 2.34. The molecule has 3 nitrogen and oxygen atoms in total. The van der Waals surface area contributed by atoms with E-state index in [0.717, 1.165) is 34.1 Å². The molecule has 1 heterocycles. The lowest BCUT2D eigenvalue weighted by molar-refractivity contribution is 0.0857. The molecule has 17 heavy (non-hydrogen) atoms. The van der Waals surface area contributed by atoms with Gasteiger partial charge in [-0.3, -0.25) is 4.79 Å². The van der Waals surface area contributed by atoms with Crippen LogP contribution in [0.15, 0.2) is 18.2 Å². The van der Waals surface area contributed by atoms with Gasteiger partial charge in [-0.2, -0.15) is 0 Å². The third kappa shape index (κ3) is 3.19. The van der Waals surface area contributed by atoms with Gasteiger partial charge in [0.25, 0.3) is 5.91 Å². The van der Waals surface area contributed by atoms with Crippen molar-refractivity contribution in [1.82, 2.24) is 5.32 Å². The van der Waals surface area contributed by atoms with Gasteiger partial charge in [-0.15, -0.1) is 0 Å². The monoisotopic (exact) mass is 345 g/mol. The predicted molar refractivity (Wildman–Crippen MR) is 75.2 cm³/mol. The van der Waals surface area contributed by atoms with Crippen LogP contribution in [-0.2, 0) is 4.74 Å². The maximum absolute atomic E-state index is 12.0. The van der Waals surface area contributed by atoms with E-state index in [-0.39, 0.29) is 12.0 Å². The first-order chi connectivity index (χ1) is 8.18. The summed E-state index contributed by atoms with van der Waals surface area (Å²) in [5, 5.41) is 2.94. The standard InChI is InChI=1S/C13H16INO2/c1-9-11(5-2-6-12(9)14)13(16)15-8-10-4-3-7-17-10/h2,5-6,10H,3-4,7-8H2,1H3,(H,15,16)/t10-/m0/s1. The molecule has 0 unspecified atom stereocenters. The average Bonchev–Trinajstić information content (AvgIpc) is 2.82. The minimum Gasteiger partial charge on any atom is -0.376 e. The number of ether oxygens (including phenoxy) is 1. The zero-order valence-electron chi connectivity index (χ0n) is 9.83. The predicted octanol–water partition coefficient (Wildman–Crippen LogP) is 2.51. The normalized spacial score (nSPS) is 19.3. The maximum Gasteiger partial charge on any atom is 0.251 e. The highest BCUT2D eigenvalue weighted by molar-refractivity contribution is 14.1. The number of hydrogen-bond acceptors (Lipinski definition) is 2. The van der Waals surface area contributed by atoms with Gasteiger partial charge in [0.05, 0.1) is 6.10 Å². The van der Waals surface area contributed by atoms with Crippen molar-refractivity contribution >= 4 is 28.5 Å². The van der Waals surface area contributed by atoms with Gasteiger partial charge >= 0.3 is 0 Å². The average molecular weight is 345 g/mol. The van der Waals surface area contributed by atoms with E-state index in [1.165, 1.54) is 0 Å². The molecule has 2 rings (SSSR count). The third-order valence-electron chi connectivity index (χ3n) is 3.03. The number of rotatable bonds is 3. The second-order valence-corrected chi connectivity index (χ2v) is 5.42. The lowest BCUT2D eigenvalue weighted by atomic mass is 10.1. The molecule has 0 aromatic heterocycles. The molecule has 0 radical (unpaired) electrons. The Morgan fingerprint density at radius 1 is 1.59 bits per heavy atom. The fraction of sp³-hybridized carbons (Fsp3) is 0.462. The fourth-order valence-corrected chi connectivity index (χ4v) is 2.46. The first-order valence-corrected chi connectivity index (χ1v) is 6.91. The Bertz CT molecular complexity index is 414. The zero-order valence-corrected chi connectivity index (χ0v) is 12.0. The second-order valence-electron chi connectivity index (χ2n) is 4.26. The number of carbonyl (C=O) groups is 1. The molecule has 4 heteroatoms. The van der Waals surface area contributed by atoms with Crippen LogP contribution < -0.4 is 5.32 Å². The summed E-state index contributed by atoms with van der Waals surface area (Å²) in [5.74, 6) is -0.00323. The van der Waals surface area contributed by atoms with Crippen LogP contribution in [-0.4, -0.2) is 25.2 Å². The van der Waals surface area contributed by atoms with E-state index in [1.54, 1.807) is 0 Å². The summed E-state index contributed by atoms with van der Waals surface area (Å²) in [6, 6.07) is 5.78. The van der Waals surface area contributed by atoms with Gasteiger partial charge in [0.1, 0.15) is 0 Å². The molecule has 1 aliphatic heterocycles. The van der Waals surface area contributed by atoms with Crippen LogP contribution in [0, 0.1) is 10.5 Å². The molecule has 92 valence electrons. The molecule has 1 atom stereocenters. The van der Waals surface area contributed by atoms with Crippen molar-refractivity contribution in [2.45, 2.75) is 25.9 Å². The lowest BCUT2D eigenvalue weighted by Crippen LogP contribution is -2.32. The zero-order chi connectivity index (χ0) is 12.3. The van der Waals surface area contributed by atoms with Crippen LogP contribution in [0.25, 0.3) is 0 Å². The molecule has 1 aromatic carbocycles. The van der Waals surface area contributed by atoms with Gasteiger partial charge in [0, 0.05) is 22.3 Å². The topological polar surface area (TPSA) is 38.3 Å². The summed E-state index contributed by atoms with van der Waals surface area (Å²) in [4.78, 5) is 12.0. The molecule has 0 saturated carbocycles. The molecule has 1 amide bonds. The molecule has 1 fully saturated rings. The van der Waals surface area contributed by atoms with E-state index in [0.29, 0.717) is 6.54 Å². The van der Waals surface area contributed by atoms with E-state index < -0.39 is 0 Å². The highest BCUT2D eigenvalue weighted by Crippen LogP contribution is 2.16. The Morgan fingerprint density at radius 3 is 3.12 bits per heavy atom. The smallest absolute Gasteiger partial charge is 0.251 e. The number of halogens is 1.